The van der Waals surface area contributed by atoms with Crippen molar-refractivity contribution in [3.05, 3.63) is 24.3 Å². The van der Waals surface area contributed by atoms with E-state index in [1.165, 1.54) is 0 Å². The Hall–Kier alpha value is -1.23. The van der Waals surface area contributed by atoms with E-state index >= 15 is 0 Å². The Kier molecular flexibility index (Phi) is 3.80. The molecular formula is C13H20N2O2S. The van der Waals surface area contributed by atoms with Crippen molar-refractivity contribution in [3.63, 3.8) is 0 Å². The summed E-state index contributed by atoms with van der Waals surface area (Å²) in [4.78, 5) is 2.16. The lowest BCUT2D eigenvalue weighted by atomic mass is 10.1. The third kappa shape index (κ3) is 3.16. The summed E-state index contributed by atoms with van der Waals surface area (Å²) in [6.07, 6.45) is 1.06. The summed E-state index contributed by atoms with van der Waals surface area (Å²) in [7, 11) is -3.20. The molecule has 0 atom stereocenters. The first kappa shape index (κ1) is 13.2. The van der Waals surface area contributed by atoms with E-state index in [0.29, 0.717) is 18.2 Å². The first-order chi connectivity index (χ1) is 8.48. The van der Waals surface area contributed by atoms with Gasteiger partial charge in [-0.2, -0.15) is 0 Å². The summed E-state index contributed by atoms with van der Waals surface area (Å²) in [5.74, 6) is 0.768. The van der Waals surface area contributed by atoms with Gasteiger partial charge in [-0.05, 0) is 24.5 Å². The number of hydrogen-bond donors (Lipinski definition) is 1. The van der Waals surface area contributed by atoms with Gasteiger partial charge in [-0.3, -0.25) is 4.72 Å². The van der Waals surface area contributed by atoms with Crippen molar-refractivity contribution in [2.45, 2.75) is 20.3 Å². The van der Waals surface area contributed by atoms with E-state index in [9.17, 15) is 8.42 Å². The quantitative estimate of drug-likeness (QED) is 0.915. The van der Waals surface area contributed by atoms with Gasteiger partial charge in [0.15, 0.2) is 0 Å². The molecule has 100 valence electrons. The number of sulfonamides is 1. The lowest BCUT2D eigenvalue weighted by Gasteiger charge is -2.24. The molecule has 1 heterocycles. The molecule has 4 nitrogen and oxygen atoms in total. The maximum Gasteiger partial charge on any atom is 0.234 e. The van der Waals surface area contributed by atoms with Crippen molar-refractivity contribution in [2.75, 3.05) is 28.5 Å². The molecule has 1 aromatic rings. The van der Waals surface area contributed by atoms with E-state index in [2.05, 4.69) is 23.5 Å². The molecule has 5 heteroatoms. The first-order valence-electron chi connectivity index (χ1n) is 6.32. The van der Waals surface area contributed by atoms with Gasteiger partial charge in [-0.25, -0.2) is 8.42 Å². The monoisotopic (exact) mass is 268 g/mol. The van der Waals surface area contributed by atoms with Crippen molar-refractivity contribution in [1.29, 1.82) is 0 Å². The fourth-order valence-corrected chi connectivity index (χ4v) is 3.12. The maximum absolute atomic E-state index is 11.8. The predicted octanol–water partition coefficient (Wildman–Crippen LogP) is 2.29. The van der Waals surface area contributed by atoms with Crippen LogP contribution in [0.4, 0.5) is 11.4 Å². The summed E-state index contributed by atoms with van der Waals surface area (Å²) in [6, 6.07) is 7.60. The van der Waals surface area contributed by atoms with Crippen LogP contribution in [0.2, 0.25) is 0 Å². The Bertz CT molecular complexity index is 511. The largest absolute Gasteiger partial charge is 0.369 e. The second-order valence-corrected chi connectivity index (χ2v) is 6.95. The molecule has 0 saturated heterocycles. The number of anilines is 2. The Labute approximate surface area is 109 Å². The number of nitrogens with one attached hydrogen (secondary N) is 1. The van der Waals surface area contributed by atoms with Crippen LogP contribution >= 0.6 is 0 Å². The van der Waals surface area contributed by atoms with Crippen LogP contribution in [0.15, 0.2) is 24.3 Å². The molecule has 0 bridgehead atoms. The molecule has 0 aromatic heterocycles. The number of nitrogens with zero attached hydrogens (tertiary/aromatic N) is 1. The molecule has 1 aliphatic heterocycles. The van der Waals surface area contributed by atoms with Gasteiger partial charge in [0.2, 0.25) is 10.0 Å². The minimum absolute atomic E-state index is 0.153. The summed E-state index contributed by atoms with van der Waals surface area (Å²) in [5, 5.41) is 0. The van der Waals surface area contributed by atoms with E-state index in [0.717, 1.165) is 18.7 Å². The van der Waals surface area contributed by atoms with E-state index in [-0.39, 0.29) is 5.75 Å². The smallest absolute Gasteiger partial charge is 0.234 e. The third-order valence-corrected chi connectivity index (χ3v) is 4.37. The highest BCUT2D eigenvalue weighted by molar-refractivity contribution is 7.92. The summed E-state index contributed by atoms with van der Waals surface area (Å²) in [5.41, 5.74) is 1.68. The zero-order valence-corrected chi connectivity index (χ0v) is 11.7. The molecule has 0 radical (unpaired) electrons. The van der Waals surface area contributed by atoms with Crippen LogP contribution in [0.25, 0.3) is 0 Å². The molecule has 2 rings (SSSR count). The Morgan fingerprint density at radius 2 is 2.06 bits per heavy atom. The van der Waals surface area contributed by atoms with Gasteiger partial charge >= 0.3 is 0 Å². The minimum atomic E-state index is -3.20. The van der Waals surface area contributed by atoms with E-state index in [1.54, 1.807) is 0 Å². The lowest BCUT2D eigenvalue weighted by molar-refractivity contribution is 0.574. The zero-order chi connectivity index (χ0) is 13.2. The van der Waals surface area contributed by atoms with Gasteiger partial charge in [0.1, 0.15) is 0 Å². The molecule has 0 aliphatic carbocycles. The zero-order valence-electron chi connectivity index (χ0n) is 10.9. The maximum atomic E-state index is 11.8. The molecule has 1 N–H and O–H groups in total. The van der Waals surface area contributed by atoms with Crippen molar-refractivity contribution in [2.24, 2.45) is 5.92 Å². The molecule has 0 amide bonds. The van der Waals surface area contributed by atoms with Crippen molar-refractivity contribution in [1.82, 2.24) is 0 Å². The first-order valence-corrected chi connectivity index (χ1v) is 7.97. The van der Waals surface area contributed by atoms with Crippen LogP contribution < -0.4 is 9.62 Å². The van der Waals surface area contributed by atoms with Crippen LogP contribution in [0.3, 0.4) is 0 Å². The SMILES string of the molecule is CC(C)CCN1CCS(=O)(=O)Nc2ccccc21. The van der Waals surface area contributed by atoms with Crippen LogP contribution in [-0.2, 0) is 10.0 Å². The van der Waals surface area contributed by atoms with Gasteiger partial charge in [0, 0.05) is 13.1 Å². The second kappa shape index (κ2) is 5.18. The number of rotatable bonds is 3. The molecule has 1 aliphatic rings. The topological polar surface area (TPSA) is 49.4 Å². The molecule has 1 aromatic carbocycles. The van der Waals surface area contributed by atoms with E-state index in [1.807, 2.05) is 24.3 Å². The fraction of sp³-hybridized carbons (Fsp3) is 0.538. The number of benzene rings is 1. The third-order valence-electron chi connectivity index (χ3n) is 3.12. The molecular weight excluding hydrogens is 248 g/mol. The predicted molar refractivity (Wildman–Crippen MR) is 75.5 cm³/mol. The second-order valence-electron chi connectivity index (χ2n) is 5.11. The highest BCUT2D eigenvalue weighted by atomic mass is 32.2. The molecule has 18 heavy (non-hydrogen) atoms. The van der Waals surface area contributed by atoms with Crippen LogP contribution in [0, 0.1) is 5.92 Å². The average Bonchev–Trinajstić information content (AvgIpc) is 2.42. The minimum Gasteiger partial charge on any atom is -0.369 e. The highest BCUT2D eigenvalue weighted by Crippen LogP contribution is 2.29. The Morgan fingerprint density at radius 1 is 1.33 bits per heavy atom. The molecule has 0 saturated carbocycles. The van der Waals surface area contributed by atoms with Crippen LogP contribution in [-0.4, -0.2) is 27.3 Å². The molecule has 0 spiro atoms. The normalized spacial score (nSPS) is 18.1. The van der Waals surface area contributed by atoms with Crippen molar-refractivity contribution >= 4 is 21.4 Å². The Morgan fingerprint density at radius 3 is 2.78 bits per heavy atom. The lowest BCUT2D eigenvalue weighted by Crippen LogP contribution is -2.29. The summed E-state index contributed by atoms with van der Waals surface area (Å²) >= 11 is 0. The van der Waals surface area contributed by atoms with Gasteiger partial charge in [-0.15, -0.1) is 0 Å². The molecule has 0 fully saturated rings. The Balaban J connectivity index is 2.27. The fourth-order valence-electron chi connectivity index (χ4n) is 2.05. The van der Waals surface area contributed by atoms with Gasteiger partial charge in [0.25, 0.3) is 0 Å². The van der Waals surface area contributed by atoms with E-state index < -0.39 is 10.0 Å². The number of fused-ring (bicyclic) bond motifs is 1. The van der Waals surface area contributed by atoms with Crippen LogP contribution in [0.1, 0.15) is 20.3 Å². The van der Waals surface area contributed by atoms with Gasteiger partial charge in [0.05, 0.1) is 17.1 Å². The van der Waals surface area contributed by atoms with Gasteiger partial charge < -0.3 is 4.90 Å². The van der Waals surface area contributed by atoms with Crippen molar-refractivity contribution < 1.29 is 8.42 Å². The number of para-hydroxylation sites is 2. The standard InChI is InChI=1S/C13H20N2O2S/c1-11(2)7-8-15-9-10-18(16,17)14-12-5-3-4-6-13(12)15/h3-6,11,14H,7-10H2,1-2H3. The van der Waals surface area contributed by atoms with Crippen LogP contribution in [0.5, 0.6) is 0 Å². The van der Waals surface area contributed by atoms with Crippen molar-refractivity contribution in [3.8, 4) is 0 Å². The van der Waals surface area contributed by atoms with Gasteiger partial charge in [-0.1, -0.05) is 26.0 Å². The summed E-state index contributed by atoms with van der Waals surface area (Å²) in [6.45, 7) is 5.81. The number of hydrogen-bond acceptors (Lipinski definition) is 3. The highest BCUT2D eigenvalue weighted by Gasteiger charge is 2.22. The average molecular weight is 268 g/mol. The molecule has 0 unspecified atom stereocenters. The summed E-state index contributed by atoms with van der Waals surface area (Å²) < 4.78 is 26.2. The van der Waals surface area contributed by atoms with E-state index in [4.69, 9.17) is 0 Å².